The maximum atomic E-state index is 12.6. The number of aryl methyl sites for hydroxylation is 2. The Bertz CT molecular complexity index is 1140. The summed E-state index contributed by atoms with van der Waals surface area (Å²) < 4.78 is 5.80. The normalized spacial score (nSPS) is 10.9. The van der Waals surface area contributed by atoms with Gasteiger partial charge in [0.05, 0.1) is 10.6 Å². The van der Waals surface area contributed by atoms with Crippen LogP contribution in [0.4, 0.5) is 5.69 Å². The largest absolute Gasteiger partial charge is 0.436 e. The van der Waals surface area contributed by atoms with Gasteiger partial charge in [-0.15, -0.1) is 0 Å². The van der Waals surface area contributed by atoms with Gasteiger partial charge in [0.25, 0.3) is 5.91 Å². The summed E-state index contributed by atoms with van der Waals surface area (Å²) in [6, 6.07) is 18.5. The SMILES string of the molecule is Cc1cc(C)cc(C(=O)Nc2ccc3oc(-c4ccccc4Cl)nc3c2)c1. The Kier molecular flexibility index (Phi) is 4.42. The molecule has 0 aliphatic carbocycles. The van der Waals surface area contributed by atoms with Gasteiger partial charge in [-0.3, -0.25) is 4.79 Å². The van der Waals surface area contributed by atoms with Gasteiger partial charge < -0.3 is 9.73 Å². The number of hydrogen-bond acceptors (Lipinski definition) is 3. The Morgan fingerprint density at radius 3 is 2.48 bits per heavy atom. The number of rotatable bonds is 3. The first kappa shape index (κ1) is 17.3. The molecular weight excluding hydrogens is 360 g/mol. The molecular formula is C22H17ClN2O2. The third-order valence-electron chi connectivity index (χ3n) is 4.23. The van der Waals surface area contributed by atoms with Crippen molar-refractivity contribution < 1.29 is 9.21 Å². The molecule has 0 aliphatic heterocycles. The molecule has 1 aromatic heterocycles. The van der Waals surface area contributed by atoms with Gasteiger partial charge in [0, 0.05) is 11.3 Å². The molecule has 27 heavy (non-hydrogen) atoms. The number of nitrogens with zero attached hydrogens (tertiary/aromatic N) is 1. The van der Waals surface area contributed by atoms with E-state index in [1.54, 1.807) is 24.3 Å². The molecule has 0 aliphatic rings. The fourth-order valence-corrected chi connectivity index (χ4v) is 3.28. The summed E-state index contributed by atoms with van der Waals surface area (Å²) >= 11 is 6.22. The molecule has 4 nitrogen and oxygen atoms in total. The number of halogens is 1. The zero-order chi connectivity index (χ0) is 19.0. The highest BCUT2D eigenvalue weighted by Crippen LogP contribution is 2.30. The van der Waals surface area contributed by atoms with Gasteiger partial charge >= 0.3 is 0 Å². The first-order chi connectivity index (χ1) is 13.0. The molecule has 0 radical (unpaired) electrons. The van der Waals surface area contributed by atoms with Crippen LogP contribution in [0.3, 0.4) is 0 Å². The van der Waals surface area contributed by atoms with Crippen LogP contribution in [0.25, 0.3) is 22.6 Å². The Morgan fingerprint density at radius 2 is 1.74 bits per heavy atom. The lowest BCUT2D eigenvalue weighted by molar-refractivity contribution is 0.102. The average molecular weight is 377 g/mol. The molecule has 1 heterocycles. The third-order valence-corrected chi connectivity index (χ3v) is 4.56. The van der Waals surface area contributed by atoms with Crippen LogP contribution in [0.5, 0.6) is 0 Å². The summed E-state index contributed by atoms with van der Waals surface area (Å²) in [5.74, 6) is 0.296. The van der Waals surface area contributed by atoms with Crippen molar-refractivity contribution in [2.24, 2.45) is 0 Å². The van der Waals surface area contributed by atoms with Crippen molar-refractivity contribution in [1.29, 1.82) is 0 Å². The molecule has 0 spiro atoms. The van der Waals surface area contributed by atoms with E-state index in [1.807, 2.05) is 50.2 Å². The van der Waals surface area contributed by atoms with Crippen LogP contribution >= 0.6 is 11.6 Å². The van der Waals surface area contributed by atoms with Gasteiger partial charge in [-0.05, 0) is 56.3 Å². The lowest BCUT2D eigenvalue weighted by atomic mass is 10.1. The summed E-state index contributed by atoms with van der Waals surface area (Å²) in [5, 5.41) is 3.49. The number of amides is 1. The van der Waals surface area contributed by atoms with Crippen LogP contribution in [0, 0.1) is 13.8 Å². The standard InChI is InChI=1S/C22H17ClN2O2/c1-13-9-14(2)11-15(10-13)21(26)24-16-7-8-20-19(12-16)25-22(27-20)17-5-3-4-6-18(17)23/h3-12H,1-2H3,(H,24,26). The molecule has 0 unspecified atom stereocenters. The van der Waals surface area contributed by atoms with Gasteiger partial charge in [0.2, 0.25) is 5.89 Å². The predicted octanol–water partition coefficient (Wildman–Crippen LogP) is 6.02. The van der Waals surface area contributed by atoms with Crippen LogP contribution in [0.1, 0.15) is 21.5 Å². The maximum absolute atomic E-state index is 12.6. The molecule has 4 rings (SSSR count). The molecule has 4 aromatic rings. The summed E-state index contributed by atoms with van der Waals surface area (Å²) in [4.78, 5) is 17.1. The van der Waals surface area contributed by atoms with Crippen LogP contribution in [0.2, 0.25) is 5.02 Å². The molecule has 1 amide bonds. The number of oxazole rings is 1. The van der Waals surface area contributed by atoms with Crippen molar-refractivity contribution in [3.8, 4) is 11.5 Å². The van der Waals surface area contributed by atoms with E-state index in [2.05, 4.69) is 10.3 Å². The topological polar surface area (TPSA) is 55.1 Å². The summed E-state index contributed by atoms with van der Waals surface area (Å²) in [6.07, 6.45) is 0. The van der Waals surface area contributed by atoms with E-state index in [0.29, 0.717) is 33.3 Å². The summed E-state index contributed by atoms with van der Waals surface area (Å²) in [5.41, 5.74) is 5.41. The summed E-state index contributed by atoms with van der Waals surface area (Å²) in [7, 11) is 0. The Hall–Kier alpha value is -3.11. The zero-order valence-corrected chi connectivity index (χ0v) is 15.7. The van der Waals surface area contributed by atoms with Gasteiger partial charge in [-0.25, -0.2) is 4.98 Å². The second kappa shape index (κ2) is 6.89. The van der Waals surface area contributed by atoms with Gasteiger partial charge in [0.1, 0.15) is 5.52 Å². The molecule has 0 saturated carbocycles. The van der Waals surface area contributed by atoms with Crippen molar-refractivity contribution >= 4 is 34.3 Å². The molecule has 3 aromatic carbocycles. The second-order valence-corrected chi connectivity index (χ2v) is 6.92. The fraction of sp³-hybridized carbons (Fsp3) is 0.0909. The first-order valence-corrected chi connectivity index (χ1v) is 8.92. The van der Waals surface area contributed by atoms with E-state index in [0.717, 1.165) is 16.7 Å². The molecule has 0 fully saturated rings. The average Bonchev–Trinajstić information content (AvgIpc) is 3.04. The highest BCUT2D eigenvalue weighted by atomic mass is 35.5. The van der Waals surface area contributed by atoms with Crippen molar-refractivity contribution in [3.05, 3.63) is 82.4 Å². The lowest BCUT2D eigenvalue weighted by Gasteiger charge is -2.07. The van der Waals surface area contributed by atoms with Crippen LogP contribution in [0.15, 0.2) is 65.1 Å². The highest BCUT2D eigenvalue weighted by Gasteiger charge is 2.13. The van der Waals surface area contributed by atoms with Crippen LogP contribution < -0.4 is 5.32 Å². The van der Waals surface area contributed by atoms with E-state index in [1.165, 1.54) is 0 Å². The maximum Gasteiger partial charge on any atom is 0.255 e. The van der Waals surface area contributed by atoms with E-state index in [9.17, 15) is 4.79 Å². The highest BCUT2D eigenvalue weighted by molar-refractivity contribution is 6.33. The van der Waals surface area contributed by atoms with Gasteiger partial charge in [-0.1, -0.05) is 40.9 Å². The Morgan fingerprint density at radius 1 is 1.00 bits per heavy atom. The number of nitrogens with one attached hydrogen (secondary N) is 1. The summed E-state index contributed by atoms with van der Waals surface area (Å²) in [6.45, 7) is 3.95. The Labute approximate surface area is 161 Å². The molecule has 1 N–H and O–H groups in total. The zero-order valence-electron chi connectivity index (χ0n) is 14.9. The fourth-order valence-electron chi connectivity index (χ4n) is 3.06. The van der Waals surface area contributed by atoms with Crippen molar-refractivity contribution in [2.75, 3.05) is 5.32 Å². The van der Waals surface area contributed by atoms with Crippen molar-refractivity contribution in [1.82, 2.24) is 4.98 Å². The Balaban J connectivity index is 1.64. The van der Waals surface area contributed by atoms with E-state index in [-0.39, 0.29) is 5.91 Å². The minimum Gasteiger partial charge on any atom is -0.436 e. The third kappa shape index (κ3) is 3.57. The van der Waals surface area contributed by atoms with Crippen LogP contribution in [-0.4, -0.2) is 10.9 Å². The second-order valence-electron chi connectivity index (χ2n) is 6.51. The monoisotopic (exact) mass is 376 g/mol. The number of hydrogen-bond donors (Lipinski definition) is 1. The number of anilines is 1. The van der Waals surface area contributed by atoms with Crippen molar-refractivity contribution in [3.63, 3.8) is 0 Å². The predicted molar refractivity (Wildman–Crippen MR) is 108 cm³/mol. The molecule has 134 valence electrons. The number of carbonyl (C=O) groups excluding carboxylic acids is 1. The molecule has 0 bridgehead atoms. The van der Waals surface area contributed by atoms with Gasteiger partial charge in [-0.2, -0.15) is 0 Å². The first-order valence-electron chi connectivity index (χ1n) is 8.55. The van der Waals surface area contributed by atoms with Gasteiger partial charge in [0.15, 0.2) is 5.58 Å². The van der Waals surface area contributed by atoms with E-state index in [4.69, 9.17) is 16.0 Å². The number of carbonyl (C=O) groups is 1. The minimum atomic E-state index is -0.157. The van der Waals surface area contributed by atoms with E-state index < -0.39 is 0 Å². The molecule has 5 heteroatoms. The quantitative estimate of drug-likeness (QED) is 0.475. The molecule has 0 atom stereocenters. The lowest BCUT2D eigenvalue weighted by Crippen LogP contribution is -2.12. The van der Waals surface area contributed by atoms with Crippen molar-refractivity contribution in [2.45, 2.75) is 13.8 Å². The van der Waals surface area contributed by atoms with Crippen LogP contribution in [-0.2, 0) is 0 Å². The molecule has 0 saturated heterocycles. The minimum absolute atomic E-state index is 0.157. The smallest absolute Gasteiger partial charge is 0.255 e. The number of benzene rings is 3. The number of aromatic nitrogens is 1. The number of fused-ring (bicyclic) bond motifs is 1. The van der Waals surface area contributed by atoms with E-state index >= 15 is 0 Å².